The van der Waals surface area contributed by atoms with Crippen molar-refractivity contribution in [2.45, 2.75) is 66.8 Å². The molecule has 0 atom stereocenters. The van der Waals surface area contributed by atoms with Gasteiger partial charge in [-0.3, -0.25) is 19.8 Å². The van der Waals surface area contributed by atoms with E-state index < -0.39 is 0 Å². The Kier molecular flexibility index (Phi) is 7.92. The Morgan fingerprint density at radius 2 is 1.71 bits per heavy atom. The Hall–Kier alpha value is -3.41. The first-order valence-electron chi connectivity index (χ1n) is 11.9. The number of para-hydroxylation sites is 1. The summed E-state index contributed by atoms with van der Waals surface area (Å²) >= 11 is 0. The average molecular weight is 460 g/mol. The molecule has 1 amide bonds. The number of carbonyl (C=O) groups excluding carboxylic acids is 1. The molecular weight excluding hydrogens is 422 g/mol. The molecule has 0 unspecified atom stereocenters. The Labute approximate surface area is 203 Å². The predicted octanol–water partition coefficient (Wildman–Crippen LogP) is 5.57. The summed E-state index contributed by atoms with van der Waals surface area (Å²) in [7, 11) is 0. The summed E-state index contributed by atoms with van der Waals surface area (Å²) in [5.74, 6) is 0.254. The van der Waals surface area contributed by atoms with Crippen LogP contribution in [0.15, 0.2) is 53.5 Å². The summed E-state index contributed by atoms with van der Waals surface area (Å²) in [5.41, 5.74) is 7.24. The number of guanidine groups is 1. The molecule has 2 aromatic carbocycles. The SMILES string of the molecule is CCn1nc(C)c(CCN=C(NC(=O)c2ccc(C(C)(C)C)cc2)Nc2ccccc2C)c1C. The van der Waals surface area contributed by atoms with Gasteiger partial charge in [0, 0.05) is 30.0 Å². The Bertz CT molecular complexity index is 1170. The van der Waals surface area contributed by atoms with Crippen molar-refractivity contribution < 1.29 is 4.79 Å². The van der Waals surface area contributed by atoms with Crippen molar-refractivity contribution in [1.82, 2.24) is 15.1 Å². The molecule has 3 rings (SSSR count). The van der Waals surface area contributed by atoms with E-state index in [1.54, 1.807) is 0 Å². The number of aromatic nitrogens is 2. The van der Waals surface area contributed by atoms with Crippen molar-refractivity contribution in [3.63, 3.8) is 0 Å². The molecule has 6 nitrogen and oxygen atoms in total. The number of rotatable bonds is 6. The van der Waals surface area contributed by atoms with Crippen molar-refractivity contribution in [1.29, 1.82) is 0 Å². The van der Waals surface area contributed by atoms with Crippen LogP contribution in [0.3, 0.4) is 0 Å². The van der Waals surface area contributed by atoms with Gasteiger partial charge in [0.05, 0.1) is 5.69 Å². The van der Waals surface area contributed by atoms with E-state index in [-0.39, 0.29) is 11.3 Å². The third-order valence-corrected chi connectivity index (χ3v) is 6.11. The number of carbonyl (C=O) groups is 1. The Morgan fingerprint density at radius 3 is 2.29 bits per heavy atom. The molecule has 0 bridgehead atoms. The van der Waals surface area contributed by atoms with Crippen LogP contribution in [0.4, 0.5) is 5.69 Å². The zero-order valence-corrected chi connectivity index (χ0v) is 21.5. The van der Waals surface area contributed by atoms with E-state index in [1.807, 2.05) is 67.1 Å². The van der Waals surface area contributed by atoms with E-state index >= 15 is 0 Å². The lowest BCUT2D eigenvalue weighted by molar-refractivity contribution is 0.0977. The summed E-state index contributed by atoms with van der Waals surface area (Å²) in [6, 6.07) is 15.7. The highest BCUT2D eigenvalue weighted by Crippen LogP contribution is 2.22. The predicted molar refractivity (Wildman–Crippen MR) is 141 cm³/mol. The van der Waals surface area contributed by atoms with E-state index in [0.717, 1.165) is 29.9 Å². The first-order valence-corrected chi connectivity index (χ1v) is 11.9. The van der Waals surface area contributed by atoms with Gasteiger partial charge < -0.3 is 5.32 Å². The number of hydrogen-bond donors (Lipinski definition) is 2. The monoisotopic (exact) mass is 459 g/mol. The van der Waals surface area contributed by atoms with Gasteiger partial charge >= 0.3 is 0 Å². The van der Waals surface area contributed by atoms with E-state index in [9.17, 15) is 4.79 Å². The second kappa shape index (κ2) is 10.7. The molecule has 2 N–H and O–H groups in total. The first-order chi connectivity index (χ1) is 16.1. The fourth-order valence-electron chi connectivity index (χ4n) is 3.94. The molecule has 0 aliphatic rings. The number of hydrogen-bond acceptors (Lipinski definition) is 3. The van der Waals surface area contributed by atoms with Gasteiger partial charge in [0.2, 0.25) is 5.96 Å². The largest absolute Gasteiger partial charge is 0.326 e. The van der Waals surface area contributed by atoms with Crippen LogP contribution in [-0.4, -0.2) is 28.2 Å². The number of nitrogens with one attached hydrogen (secondary N) is 2. The highest BCUT2D eigenvalue weighted by molar-refractivity contribution is 6.10. The number of aliphatic imine (C=N–C) groups is 1. The molecule has 0 fully saturated rings. The molecule has 180 valence electrons. The van der Waals surface area contributed by atoms with Gasteiger partial charge in [0.15, 0.2) is 0 Å². The zero-order valence-electron chi connectivity index (χ0n) is 21.5. The van der Waals surface area contributed by atoms with Crippen LogP contribution in [0.1, 0.15) is 66.1 Å². The van der Waals surface area contributed by atoms with Crippen LogP contribution < -0.4 is 10.6 Å². The van der Waals surface area contributed by atoms with Gasteiger partial charge in [0.1, 0.15) is 0 Å². The summed E-state index contributed by atoms with van der Waals surface area (Å²) in [6.07, 6.45) is 0.757. The van der Waals surface area contributed by atoms with Crippen molar-refractivity contribution in [2.24, 2.45) is 4.99 Å². The Morgan fingerprint density at radius 1 is 1.03 bits per heavy atom. The minimum absolute atomic E-state index is 0.0376. The molecule has 0 saturated carbocycles. The number of amides is 1. The molecule has 1 heterocycles. The van der Waals surface area contributed by atoms with Gasteiger partial charge in [-0.25, -0.2) is 0 Å². The molecule has 3 aromatic rings. The average Bonchev–Trinajstić information content (AvgIpc) is 3.07. The molecule has 34 heavy (non-hydrogen) atoms. The zero-order chi connectivity index (χ0) is 24.9. The van der Waals surface area contributed by atoms with Crippen LogP contribution >= 0.6 is 0 Å². The van der Waals surface area contributed by atoms with Crippen LogP contribution in [0.25, 0.3) is 0 Å². The minimum Gasteiger partial charge on any atom is -0.326 e. The fraction of sp³-hybridized carbons (Fsp3) is 0.393. The Balaban J connectivity index is 1.80. The summed E-state index contributed by atoms with van der Waals surface area (Å²) in [6.45, 7) is 16.1. The van der Waals surface area contributed by atoms with E-state index in [2.05, 4.69) is 50.4 Å². The lowest BCUT2D eigenvalue weighted by Crippen LogP contribution is -2.36. The molecule has 6 heteroatoms. The maximum absolute atomic E-state index is 13.0. The minimum atomic E-state index is -0.188. The van der Waals surface area contributed by atoms with Crippen molar-refractivity contribution in [3.05, 3.63) is 82.2 Å². The maximum atomic E-state index is 13.0. The molecule has 0 saturated heterocycles. The van der Waals surface area contributed by atoms with Crippen molar-refractivity contribution >= 4 is 17.6 Å². The quantitative estimate of drug-likeness (QED) is 0.374. The summed E-state index contributed by atoms with van der Waals surface area (Å²) < 4.78 is 2.02. The van der Waals surface area contributed by atoms with Crippen molar-refractivity contribution in [3.8, 4) is 0 Å². The summed E-state index contributed by atoms with van der Waals surface area (Å²) in [4.78, 5) is 17.8. The van der Waals surface area contributed by atoms with Gasteiger partial charge in [-0.05, 0) is 74.4 Å². The van der Waals surface area contributed by atoms with Crippen LogP contribution in [0.5, 0.6) is 0 Å². The van der Waals surface area contributed by atoms with Gasteiger partial charge in [-0.2, -0.15) is 5.10 Å². The molecule has 0 aliphatic carbocycles. The number of nitrogens with zero attached hydrogens (tertiary/aromatic N) is 3. The standard InChI is InChI=1S/C28H37N5O/c1-8-33-21(4)24(20(3)32-33)17-18-29-27(30-25-12-10-9-11-19(25)2)31-26(34)22-13-15-23(16-14-22)28(5,6)7/h9-16H,8,17-18H2,1-7H3,(H2,29,30,31,34). The lowest BCUT2D eigenvalue weighted by atomic mass is 9.87. The smallest absolute Gasteiger partial charge is 0.257 e. The van der Waals surface area contributed by atoms with Gasteiger partial charge in [-0.1, -0.05) is 51.1 Å². The van der Waals surface area contributed by atoms with Crippen LogP contribution in [-0.2, 0) is 18.4 Å². The van der Waals surface area contributed by atoms with Crippen LogP contribution in [0.2, 0.25) is 0 Å². The first kappa shape index (κ1) is 25.2. The van der Waals surface area contributed by atoms with E-state index in [1.165, 1.54) is 16.8 Å². The summed E-state index contributed by atoms with van der Waals surface area (Å²) in [5, 5.41) is 10.9. The van der Waals surface area contributed by atoms with E-state index in [0.29, 0.717) is 18.1 Å². The molecule has 0 radical (unpaired) electrons. The highest BCUT2D eigenvalue weighted by atomic mass is 16.1. The topological polar surface area (TPSA) is 71.3 Å². The number of anilines is 1. The van der Waals surface area contributed by atoms with E-state index in [4.69, 9.17) is 4.99 Å². The molecule has 1 aromatic heterocycles. The molecule has 0 spiro atoms. The lowest BCUT2D eigenvalue weighted by Gasteiger charge is -2.19. The third-order valence-electron chi connectivity index (χ3n) is 6.11. The maximum Gasteiger partial charge on any atom is 0.257 e. The molecular formula is C28H37N5O. The van der Waals surface area contributed by atoms with Crippen LogP contribution in [0, 0.1) is 20.8 Å². The van der Waals surface area contributed by atoms with Gasteiger partial charge in [-0.15, -0.1) is 0 Å². The third kappa shape index (κ3) is 6.13. The second-order valence-electron chi connectivity index (χ2n) is 9.67. The molecule has 0 aliphatic heterocycles. The second-order valence-corrected chi connectivity index (χ2v) is 9.67. The number of aryl methyl sites for hydroxylation is 3. The number of benzene rings is 2. The van der Waals surface area contributed by atoms with Crippen molar-refractivity contribution in [2.75, 3.05) is 11.9 Å². The fourth-order valence-corrected chi connectivity index (χ4v) is 3.94. The normalized spacial score (nSPS) is 12.0. The van der Waals surface area contributed by atoms with Gasteiger partial charge in [0.25, 0.3) is 5.91 Å². The highest BCUT2D eigenvalue weighted by Gasteiger charge is 2.16.